The number of nitrogen functional groups attached to an aromatic ring is 1. The normalized spacial score (nSPS) is 10.5. The number of aromatic nitrogens is 1. The summed E-state index contributed by atoms with van der Waals surface area (Å²) in [6.45, 7) is 0. The number of nitrogens with zero attached hydrogens (tertiary/aromatic N) is 1. The highest BCUT2D eigenvalue weighted by molar-refractivity contribution is 6.04. The monoisotopic (exact) mass is 411 g/mol. The molecule has 0 bridgehead atoms. The second-order valence-electron chi connectivity index (χ2n) is 6.95. The van der Waals surface area contributed by atoms with Crippen LogP contribution in [0.15, 0.2) is 84.9 Å². The Labute approximate surface area is 180 Å². The molecule has 0 radical (unpaired) electrons. The maximum absolute atomic E-state index is 6.32. The summed E-state index contributed by atoms with van der Waals surface area (Å²) in [6, 6.07) is 26.5. The van der Waals surface area contributed by atoms with Crippen molar-refractivity contribution in [1.29, 1.82) is 0 Å². The Morgan fingerprint density at radius 2 is 1.48 bits per heavy atom. The molecule has 6 heteroatoms. The average Bonchev–Trinajstić information content (AvgIpc) is 2.79. The number of rotatable bonds is 6. The average molecular weight is 411 g/mol. The van der Waals surface area contributed by atoms with Gasteiger partial charge >= 0.3 is 0 Å². The second-order valence-corrected chi connectivity index (χ2v) is 6.95. The SMILES string of the molecule is COc1cccc(-c2cc(N)c(C(N)=[NH2+])c(-c3ccc(Oc4ccccc4)cc3)n2)c1. The number of hydrogen-bond donors (Lipinski definition) is 3. The van der Waals surface area contributed by atoms with Gasteiger partial charge in [-0.2, -0.15) is 0 Å². The number of pyridine rings is 1. The highest BCUT2D eigenvalue weighted by Crippen LogP contribution is 2.32. The topological polar surface area (TPSA) is 109 Å². The van der Waals surface area contributed by atoms with Gasteiger partial charge in [0, 0.05) is 11.1 Å². The highest BCUT2D eigenvalue weighted by Gasteiger charge is 2.19. The van der Waals surface area contributed by atoms with Crippen molar-refractivity contribution in [3.63, 3.8) is 0 Å². The van der Waals surface area contributed by atoms with Gasteiger partial charge < -0.3 is 15.2 Å². The lowest BCUT2D eigenvalue weighted by atomic mass is 10.0. The van der Waals surface area contributed by atoms with Crippen LogP contribution in [0, 0.1) is 0 Å². The van der Waals surface area contributed by atoms with E-state index in [1.165, 1.54) is 0 Å². The Hall–Kier alpha value is -4.32. The summed E-state index contributed by atoms with van der Waals surface area (Å²) in [7, 11) is 1.62. The molecule has 0 unspecified atom stereocenters. The molecule has 3 aromatic carbocycles. The summed E-state index contributed by atoms with van der Waals surface area (Å²) in [5.41, 5.74) is 16.2. The number of benzene rings is 3. The van der Waals surface area contributed by atoms with Gasteiger partial charge in [0.15, 0.2) is 0 Å². The Morgan fingerprint density at radius 3 is 2.16 bits per heavy atom. The summed E-state index contributed by atoms with van der Waals surface area (Å²) in [5, 5.41) is 5.95. The van der Waals surface area contributed by atoms with Crippen LogP contribution in [0.2, 0.25) is 0 Å². The first kappa shape index (κ1) is 20.0. The van der Waals surface area contributed by atoms with E-state index in [0.717, 1.165) is 22.6 Å². The maximum atomic E-state index is 6.32. The predicted octanol–water partition coefficient (Wildman–Crippen LogP) is 3.26. The van der Waals surface area contributed by atoms with Crippen LogP contribution in [0.25, 0.3) is 22.5 Å². The molecule has 4 rings (SSSR count). The Kier molecular flexibility index (Phi) is 5.53. The van der Waals surface area contributed by atoms with Crippen molar-refractivity contribution in [3.05, 3.63) is 90.5 Å². The van der Waals surface area contributed by atoms with E-state index < -0.39 is 0 Å². The smallest absolute Gasteiger partial charge is 0.275 e. The van der Waals surface area contributed by atoms with Crippen LogP contribution in [-0.4, -0.2) is 17.9 Å². The van der Waals surface area contributed by atoms with Gasteiger partial charge in [0.05, 0.1) is 24.2 Å². The second kappa shape index (κ2) is 8.59. The molecule has 0 saturated carbocycles. The van der Waals surface area contributed by atoms with Crippen LogP contribution in [0.3, 0.4) is 0 Å². The van der Waals surface area contributed by atoms with E-state index in [0.29, 0.717) is 28.4 Å². The molecular weight excluding hydrogens is 388 g/mol. The van der Waals surface area contributed by atoms with Gasteiger partial charge in [-0.1, -0.05) is 30.3 Å². The molecule has 0 aliphatic rings. The minimum atomic E-state index is 0.113. The molecule has 31 heavy (non-hydrogen) atoms. The molecule has 0 fully saturated rings. The number of amidine groups is 1. The number of methoxy groups -OCH3 is 1. The third-order valence-corrected chi connectivity index (χ3v) is 4.81. The van der Waals surface area contributed by atoms with E-state index in [9.17, 15) is 0 Å². The van der Waals surface area contributed by atoms with Crippen molar-refractivity contribution in [2.75, 3.05) is 12.8 Å². The summed E-state index contributed by atoms with van der Waals surface area (Å²) < 4.78 is 11.2. The van der Waals surface area contributed by atoms with E-state index in [-0.39, 0.29) is 5.84 Å². The fourth-order valence-electron chi connectivity index (χ4n) is 3.31. The van der Waals surface area contributed by atoms with Gasteiger partial charge in [-0.15, -0.1) is 0 Å². The molecule has 1 aromatic heterocycles. The van der Waals surface area contributed by atoms with Crippen molar-refractivity contribution in [2.45, 2.75) is 0 Å². The number of para-hydroxylation sites is 1. The number of hydrogen-bond acceptors (Lipinski definition) is 4. The quantitative estimate of drug-likeness (QED) is 0.333. The van der Waals surface area contributed by atoms with Gasteiger partial charge in [0.1, 0.15) is 22.8 Å². The van der Waals surface area contributed by atoms with E-state index >= 15 is 0 Å². The molecule has 1 heterocycles. The highest BCUT2D eigenvalue weighted by atomic mass is 16.5. The van der Waals surface area contributed by atoms with Crippen LogP contribution < -0.4 is 26.4 Å². The van der Waals surface area contributed by atoms with Gasteiger partial charge in [-0.3, -0.25) is 11.1 Å². The summed E-state index contributed by atoms with van der Waals surface area (Å²) >= 11 is 0. The lowest BCUT2D eigenvalue weighted by molar-refractivity contribution is -0.114. The van der Waals surface area contributed by atoms with Gasteiger partial charge in [0.2, 0.25) is 0 Å². The van der Waals surface area contributed by atoms with Gasteiger partial charge in [-0.25, -0.2) is 4.98 Å². The lowest BCUT2D eigenvalue weighted by Gasteiger charge is -2.13. The molecule has 0 atom stereocenters. The Bertz CT molecular complexity index is 1220. The number of nitrogens with two attached hydrogens (primary N) is 3. The first-order chi connectivity index (χ1) is 15.0. The van der Waals surface area contributed by atoms with E-state index in [1.54, 1.807) is 13.2 Å². The minimum absolute atomic E-state index is 0.113. The zero-order valence-electron chi connectivity index (χ0n) is 17.1. The largest absolute Gasteiger partial charge is 0.497 e. The third-order valence-electron chi connectivity index (χ3n) is 4.81. The number of anilines is 1. The van der Waals surface area contributed by atoms with Crippen LogP contribution in [0.4, 0.5) is 5.69 Å². The first-order valence-electron chi connectivity index (χ1n) is 9.71. The molecule has 6 N–H and O–H groups in total. The molecule has 0 aliphatic carbocycles. The fraction of sp³-hybridized carbons (Fsp3) is 0.0400. The Morgan fingerprint density at radius 1 is 0.806 bits per heavy atom. The fourth-order valence-corrected chi connectivity index (χ4v) is 3.31. The van der Waals surface area contributed by atoms with Crippen LogP contribution in [0.5, 0.6) is 17.2 Å². The van der Waals surface area contributed by atoms with E-state index in [1.807, 2.05) is 78.9 Å². The van der Waals surface area contributed by atoms with E-state index in [4.69, 9.17) is 31.3 Å². The van der Waals surface area contributed by atoms with Crippen LogP contribution in [0.1, 0.15) is 5.56 Å². The zero-order valence-corrected chi connectivity index (χ0v) is 17.1. The molecule has 0 aliphatic heterocycles. The van der Waals surface area contributed by atoms with Crippen molar-refractivity contribution < 1.29 is 14.9 Å². The minimum Gasteiger partial charge on any atom is -0.497 e. The molecule has 0 amide bonds. The molecule has 4 aromatic rings. The zero-order chi connectivity index (χ0) is 21.8. The molecular formula is C25H23N4O2+. The van der Waals surface area contributed by atoms with Crippen LogP contribution >= 0.6 is 0 Å². The van der Waals surface area contributed by atoms with Crippen molar-refractivity contribution >= 4 is 11.5 Å². The van der Waals surface area contributed by atoms with Gasteiger partial charge in [-0.05, 0) is 54.6 Å². The van der Waals surface area contributed by atoms with Crippen molar-refractivity contribution in [2.24, 2.45) is 5.73 Å². The van der Waals surface area contributed by atoms with Crippen molar-refractivity contribution in [3.8, 4) is 39.8 Å². The molecule has 0 spiro atoms. The van der Waals surface area contributed by atoms with Gasteiger partial charge in [0.25, 0.3) is 5.84 Å². The standard InChI is InChI=1S/C25H22N4O2/c1-30-20-9-5-6-17(14-20)22-15-21(26)23(25(27)28)24(29-22)16-10-12-19(13-11-16)31-18-7-3-2-4-8-18/h2-15H,1H3,(H2,26,29)(H3,27,28)/p+1. The Balaban J connectivity index is 1.75. The van der Waals surface area contributed by atoms with E-state index in [2.05, 4.69) is 0 Å². The van der Waals surface area contributed by atoms with Crippen LogP contribution in [-0.2, 0) is 0 Å². The summed E-state index contributed by atoms with van der Waals surface area (Å²) in [4.78, 5) is 4.83. The third kappa shape index (κ3) is 4.33. The summed E-state index contributed by atoms with van der Waals surface area (Å²) in [6.07, 6.45) is 0. The molecule has 6 nitrogen and oxygen atoms in total. The summed E-state index contributed by atoms with van der Waals surface area (Å²) in [5.74, 6) is 2.31. The first-order valence-corrected chi connectivity index (χ1v) is 9.71. The number of ether oxygens (including phenoxy) is 2. The van der Waals surface area contributed by atoms with Crippen molar-refractivity contribution in [1.82, 2.24) is 4.98 Å². The lowest BCUT2D eigenvalue weighted by Crippen LogP contribution is -2.47. The molecule has 154 valence electrons. The molecule has 0 saturated heterocycles. The predicted molar refractivity (Wildman–Crippen MR) is 123 cm³/mol. The maximum Gasteiger partial charge on any atom is 0.275 e.